The van der Waals surface area contributed by atoms with Crippen molar-refractivity contribution in [2.45, 2.75) is 78.6 Å². The normalized spacial score (nSPS) is 29.6. The fourth-order valence-electron chi connectivity index (χ4n) is 3.10. The summed E-state index contributed by atoms with van der Waals surface area (Å²) in [6.45, 7) is 11.4. The third-order valence-electron chi connectivity index (χ3n) is 4.30. The highest BCUT2D eigenvalue weighted by Gasteiger charge is 2.32. The largest absolute Gasteiger partial charge is 0.0999 e. The van der Waals surface area contributed by atoms with Gasteiger partial charge in [0.15, 0.2) is 0 Å². The average Bonchev–Trinajstić information content (AvgIpc) is 2.57. The standard InChI is InChI=1S/C16H30/c1-5-6-7-8-14(2)9-11-16(4)12-10-15(3)13-16/h15H,2,5-13H2,1,3-4H3. The Labute approximate surface area is 103 Å². The van der Waals surface area contributed by atoms with Crippen molar-refractivity contribution in [3.63, 3.8) is 0 Å². The molecule has 1 saturated carbocycles. The quantitative estimate of drug-likeness (QED) is 0.381. The summed E-state index contributed by atoms with van der Waals surface area (Å²) in [7, 11) is 0. The zero-order valence-corrected chi connectivity index (χ0v) is 11.6. The lowest BCUT2D eigenvalue weighted by molar-refractivity contribution is 0.296. The summed E-state index contributed by atoms with van der Waals surface area (Å²) < 4.78 is 0. The van der Waals surface area contributed by atoms with Crippen LogP contribution in [0.4, 0.5) is 0 Å². The number of allylic oxidation sites excluding steroid dienone is 1. The molecule has 2 atom stereocenters. The molecule has 0 aliphatic heterocycles. The molecule has 0 nitrogen and oxygen atoms in total. The maximum absolute atomic E-state index is 4.24. The smallest absolute Gasteiger partial charge is 0.0318 e. The van der Waals surface area contributed by atoms with Crippen LogP contribution < -0.4 is 0 Å². The van der Waals surface area contributed by atoms with Gasteiger partial charge in [0.25, 0.3) is 0 Å². The Kier molecular flexibility index (Phi) is 5.58. The number of hydrogen-bond acceptors (Lipinski definition) is 0. The Morgan fingerprint density at radius 3 is 2.62 bits per heavy atom. The molecule has 2 unspecified atom stereocenters. The highest BCUT2D eigenvalue weighted by atomic mass is 14.4. The van der Waals surface area contributed by atoms with Crippen LogP contribution in [0.25, 0.3) is 0 Å². The lowest BCUT2D eigenvalue weighted by atomic mass is 9.81. The van der Waals surface area contributed by atoms with Crippen LogP contribution in [0, 0.1) is 11.3 Å². The Bertz CT molecular complexity index is 216. The molecule has 0 aromatic heterocycles. The van der Waals surface area contributed by atoms with Gasteiger partial charge in [0.1, 0.15) is 0 Å². The Hall–Kier alpha value is -0.260. The third kappa shape index (κ3) is 4.72. The SMILES string of the molecule is C=C(CCCCC)CCC1(C)CCC(C)C1. The fourth-order valence-corrected chi connectivity index (χ4v) is 3.10. The van der Waals surface area contributed by atoms with E-state index in [1.165, 1.54) is 63.4 Å². The lowest BCUT2D eigenvalue weighted by Crippen LogP contribution is -2.11. The fraction of sp³-hybridized carbons (Fsp3) is 0.875. The Balaban J connectivity index is 2.16. The van der Waals surface area contributed by atoms with Crippen LogP contribution in [0.3, 0.4) is 0 Å². The third-order valence-corrected chi connectivity index (χ3v) is 4.30. The summed E-state index contributed by atoms with van der Waals surface area (Å²) in [5.74, 6) is 0.957. The first-order chi connectivity index (χ1) is 7.56. The van der Waals surface area contributed by atoms with Gasteiger partial charge in [0.2, 0.25) is 0 Å². The van der Waals surface area contributed by atoms with Gasteiger partial charge in [-0.15, -0.1) is 0 Å². The van der Waals surface area contributed by atoms with Crippen molar-refractivity contribution in [3.8, 4) is 0 Å². The monoisotopic (exact) mass is 222 g/mol. The molecule has 0 radical (unpaired) electrons. The predicted octanol–water partition coefficient (Wildman–Crippen LogP) is 5.73. The average molecular weight is 222 g/mol. The summed E-state index contributed by atoms with van der Waals surface area (Å²) in [6, 6.07) is 0. The van der Waals surface area contributed by atoms with Crippen molar-refractivity contribution in [1.82, 2.24) is 0 Å². The molecular formula is C16H30. The van der Waals surface area contributed by atoms with Crippen molar-refractivity contribution < 1.29 is 0 Å². The zero-order valence-electron chi connectivity index (χ0n) is 11.6. The highest BCUT2D eigenvalue weighted by Crippen LogP contribution is 2.45. The molecule has 0 bridgehead atoms. The minimum Gasteiger partial charge on any atom is -0.0999 e. The van der Waals surface area contributed by atoms with Crippen LogP contribution in [0.1, 0.15) is 78.6 Å². The summed E-state index contributed by atoms with van der Waals surface area (Å²) in [5, 5.41) is 0. The van der Waals surface area contributed by atoms with E-state index in [-0.39, 0.29) is 0 Å². The van der Waals surface area contributed by atoms with Crippen molar-refractivity contribution >= 4 is 0 Å². The molecule has 94 valence electrons. The zero-order chi connectivity index (χ0) is 12.0. The first kappa shape index (κ1) is 13.8. The van der Waals surface area contributed by atoms with Gasteiger partial charge in [-0.25, -0.2) is 0 Å². The van der Waals surface area contributed by atoms with E-state index in [4.69, 9.17) is 0 Å². The minimum atomic E-state index is 0.632. The van der Waals surface area contributed by atoms with Gasteiger partial charge in [-0.2, -0.15) is 0 Å². The topological polar surface area (TPSA) is 0 Å². The summed E-state index contributed by atoms with van der Waals surface area (Å²) in [6.07, 6.45) is 12.3. The van der Waals surface area contributed by atoms with E-state index in [0.29, 0.717) is 5.41 Å². The van der Waals surface area contributed by atoms with E-state index in [2.05, 4.69) is 27.4 Å². The molecule has 0 saturated heterocycles. The second kappa shape index (κ2) is 6.47. The highest BCUT2D eigenvalue weighted by molar-refractivity contribution is 4.96. The molecule has 1 aliphatic rings. The summed E-state index contributed by atoms with van der Waals surface area (Å²) in [5.41, 5.74) is 2.13. The lowest BCUT2D eigenvalue weighted by Gasteiger charge is -2.24. The molecule has 0 heteroatoms. The molecule has 0 aromatic rings. The molecule has 0 N–H and O–H groups in total. The van der Waals surface area contributed by atoms with Crippen LogP contribution in [-0.2, 0) is 0 Å². The number of unbranched alkanes of at least 4 members (excludes halogenated alkanes) is 2. The van der Waals surface area contributed by atoms with E-state index >= 15 is 0 Å². The second-order valence-corrected chi connectivity index (χ2v) is 6.37. The predicted molar refractivity (Wildman–Crippen MR) is 73.6 cm³/mol. The molecular weight excluding hydrogens is 192 g/mol. The molecule has 1 rings (SSSR count). The molecule has 0 heterocycles. The number of hydrogen-bond donors (Lipinski definition) is 0. The first-order valence-electron chi connectivity index (χ1n) is 7.22. The first-order valence-corrected chi connectivity index (χ1v) is 7.22. The van der Waals surface area contributed by atoms with Crippen LogP contribution in [0.2, 0.25) is 0 Å². The Morgan fingerprint density at radius 1 is 1.31 bits per heavy atom. The molecule has 1 aliphatic carbocycles. The van der Waals surface area contributed by atoms with Crippen molar-refractivity contribution in [2.24, 2.45) is 11.3 Å². The van der Waals surface area contributed by atoms with Gasteiger partial charge in [-0.3, -0.25) is 0 Å². The maximum Gasteiger partial charge on any atom is -0.0318 e. The van der Waals surface area contributed by atoms with Gasteiger partial charge in [0.05, 0.1) is 0 Å². The summed E-state index contributed by atoms with van der Waals surface area (Å²) in [4.78, 5) is 0. The van der Waals surface area contributed by atoms with E-state index < -0.39 is 0 Å². The van der Waals surface area contributed by atoms with Crippen LogP contribution in [0.5, 0.6) is 0 Å². The van der Waals surface area contributed by atoms with Gasteiger partial charge < -0.3 is 0 Å². The molecule has 16 heavy (non-hydrogen) atoms. The van der Waals surface area contributed by atoms with Gasteiger partial charge in [0, 0.05) is 0 Å². The second-order valence-electron chi connectivity index (χ2n) is 6.37. The van der Waals surface area contributed by atoms with E-state index in [1.54, 1.807) is 0 Å². The molecule has 0 spiro atoms. The number of rotatable bonds is 7. The molecule has 1 fully saturated rings. The van der Waals surface area contributed by atoms with E-state index in [0.717, 1.165) is 5.92 Å². The van der Waals surface area contributed by atoms with Crippen molar-refractivity contribution in [3.05, 3.63) is 12.2 Å². The van der Waals surface area contributed by atoms with Gasteiger partial charge in [-0.05, 0) is 49.9 Å². The molecule has 0 amide bonds. The maximum atomic E-state index is 4.24. The van der Waals surface area contributed by atoms with E-state index in [9.17, 15) is 0 Å². The molecule has 0 aromatic carbocycles. The van der Waals surface area contributed by atoms with Crippen molar-refractivity contribution in [2.75, 3.05) is 0 Å². The van der Waals surface area contributed by atoms with Crippen LogP contribution >= 0.6 is 0 Å². The van der Waals surface area contributed by atoms with Crippen LogP contribution in [0.15, 0.2) is 12.2 Å². The van der Waals surface area contributed by atoms with Crippen molar-refractivity contribution in [1.29, 1.82) is 0 Å². The van der Waals surface area contributed by atoms with Gasteiger partial charge in [-0.1, -0.05) is 52.2 Å². The summed E-state index contributed by atoms with van der Waals surface area (Å²) >= 11 is 0. The van der Waals surface area contributed by atoms with Gasteiger partial charge >= 0.3 is 0 Å². The van der Waals surface area contributed by atoms with Crippen LogP contribution in [-0.4, -0.2) is 0 Å². The minimum absolute atomic E-state index is 0.632. The Morgan fingerprint density at radius 2 is 2.06 bits per heavy atom. The van der Waals surface area contributed by atoms with E-state index in [1.807, 2.05) is 0 Å².